The zero-order valence-electron chi connectivity index (χ0n) is 10.5. The van der Waals surface area contributed by atoms with E-state index in [9.17, 15) is 14.3 Å². The van der Waals surface area contributed by atoms with Crippen LogP contribution in [0.1, 0.15) is 24.1 Å². The van der Waals surface area contributed by atoms with Crippen LogP contribution in [0.15, 0.2) is 12.1 Å². The molecule has 0 aliphatic rings. The van der Waals surface area contributed by atoms with Gasteiger partial charge >= 0.3 is 5.97 Å². The van der Waals surface area contributed by atoms with Gasteiger partial charge in [-0.1, -0.05) is 11.6 Å². The van der Waals surface area contributed by atoms with Crippen LogP contribution < -0.4 is 5.73 Å². The topological polar surface area (TPSA) is 72.5 Å². The number of rotatable bonds is 4. The molecule has 1 rings (SSSR count). The number of aryl methyl sites for hydroxylation is 1. The van der Waals surface area contributed by atoms with Crippen LogP contribution in [0, 0.1) is 6.92 Å². The molecule has 0 bridgehead atoms. The highest BCUT2D eigenvalue weighted by Crippen LogP contribution is 2.32. The van der Waals surface area contributed by atoms with Crippen LogP contribution in [0.2, 0.25) is 5.02 Å². The lowest BCUT2D eigenvalue weighted by molar-refractivity contribution is -0.149. The second-order valence-corrected chi connectivity index (χ2v) is 4.28. The van der Waals surface area contributed by atoms with Crippen LogP contribution in [-0.4, -0.2) is 23.9 Å². The van der Waals surface area contributed by atoms with Gasteiger partial charge in [0.05, 0.1) is 12.6 Å². The number of aromatic hydroxyl groups is 1. The number of esters is 1. The molecule has 2 atom stereocenters. The number of carbonyl (C=O) groups excluding carboxylic acids is 1. The summed E-state index contributed by atoms with van der Waals surface area (Å²) in [6, 6.07) is 1.53. The third-order valence-corrected chi connectivity index (χ3v) is 2.70. The Labute approximate surface area is 122 Å². The van der Waals surface area contributed by atoms with Crippen LogP contribution in [0.4, 0.5) is 4.39 Å². The number of carbonyl (C=O) groups is 1. The number of halogens is 3. The minimum atomic E-state index is -2.05. The Morgan fingerprint density at radius 1 is 1.58 bits per heavy atom. The summed E-state index contributed by atoms with van der Waals surface area (Å²) in [6.07, 6.45) is -2.05. The standard InChI is InChI=1S/C12H15ClFNO3.ClH/c1-3-18-12(17)9(14)10(15)8-5-7(13)4-6(2)11(8)16;/h4-5,9-10,16H,3,15H2,1-2H3;1H/t9?,10-;/m1./s1. The molecule has 7 heteroatoms. The van der Waals surface area contributed by atoms with E-state index in [1.165, 1.54) is 12.1 Å². The Hall–Kier alpha value is -1.04. The van der Waals surface area contributed by atoms with Crippen LogP contribution in [-0.2, 0) is 9.53 Å². The fourth-order valence-corrected chi connectivity index (χ4v) is 1.82. The van der Waals surface area contributed by atoms with Crippen LogP contribution >= 0.6 is 24.0 Å². The highest BCUT2D eigenvalue weighted by atomic mass is 35.5. The molecule has 0 radical (unpaired) electrons. The van der Waals surface area contributed by atoms with Gasteiger partial charge in [-0.15, -0.1) is 12.4 Å². The van der Waals surface area contributed by atoms with Gasteiger partial charge in [-0.25, -0.2) is 9.18 Å². The monoisotopic (exact) mass is 311 g/mol. The number of hydrogen-bond acceptors (Lipinski definition) is 4. The first-order valence-electron chi connectivity index (χ1n) is 5.43. The Bertz CT molecular complexity index is 457. The fraction of sp³-hybridized carbons (Fsp3) is 0.417. The number of alkyl halides is 1. The molecule has 0 aliphatic heterocycles. The quantitative estimate of drug-likeness (QED) is 0.839. The summed E-state index contributed by atoms with van der Waals surface area (Å²) in [5, 5.41) is 10.1. The predicted molar refractivity (Wildman–Crippen MR) is 73.6 cm³/mol. The number of benzene rings is 1. The van der Waals surface area contributed by atoms with Crippen molar-refractivity contribution in [2.75, 3.05) is 6.61 Å². The van der Waals surface area contributed by atoms with E-state index in [-0.39, 0.29) is 30.3 Å². The Morgan fingerprint density at radius 3 is 2.68 bits per heavy atom. The largest absolute Gasteiger partial charge is 0.507 e. The van der Waals surface area contributed by atoms with Gasteiger partial charge < -0.3 is 15.6 Å². The minimum absolute atomic E-state index is 0. The lowest BCUT2D eigenvalue weighted by atomic mass is 9.99. The van der Waals surface area contributed by atoms with Gasteiger partial charge in [0.2, 0.25) is 6.17 Å². The van der Waals surface area contributed by atoms with Gasteiger partial charge in [0, 0.05) is 10.6 Å². The minimum Gasteiger partial charge on any atom is -0.507 e. The second kappa shape index (κ2) is 7.53. The van der Waals surface area contributed by atoms with Gasteiger partial charge in [0.1, 0.15) is 5.75 Å². The summed E-state index contributed by atoms with van der Waals surface area (Å²) in [5.74, 6) is -1.22. The Morgan fingerprint density at radius 2 is 2.16 bits per heavy atom. The second-order valence-electron chi connectivity index (χ2n) is 3.84. The highest BCUT2D eigenvalue weighted by Gasteiger charge is 2.30. The van der Waals surface area contributed by atoms with Crippen LogP contribution in [0.5, 0.6) is 5.75 Å². The molecule has 0 fully saturated rings. The maximum Gasteiger partial charge on any atom is 0.342 e. The van der Waals surface area contributed by atoms with E-state index >= 15 is 0 Å². The molecule has 0 saturated carbocycles. The Balaban J connectivity index is 0.00000324. The van der Waals surface area contributed by atoms with Gasteiger partial charge in [0.25, 0.3) is 0 Å². The summed E-state index contributed by atoms with van der Waals surface area (Å²) >= 11 is 5.81. The molecule has 0 heterocycles. The maximum atomic E-state index is 13.8. The van der Waals surface area contributed by atoms with Gasteiger partial charge in [0.15, 0.2) is 0 Å². The first-order valence-corrected chi connectivity index (χ1v) is 5.81. The molecule has 0 aliphatic carbocycles. The van der Waals surface area contributed by atoms with Gasteiger partial charge in [-0.2, -0.15) is 0 Å². The molecular formula is C12H16Cl2FNO3. The number of phenols is 1. The fourth-order valence-electron chi connectivity index (χ4n) is 1.54. The lowest BCUT2D eigenvalue weighted by Gasteiger charge is -2.18. The number of ether oxygens (including phenoxy) is 1. The zero-order chi connectivity index (χ0) is 13.9. The van der Waals surface area contributed by atoms with E-state index in [2.05, 4.69) is 4.74 Å². The number of hydrogen-bond donors (Lipinski definition) is 2. The average molecular weight is 312 g/mol. The molecule has 0 amide bonds. The van der Waals surface area contributed by atoms with Crippen molar-refractivity contribution in [1.29, 1.82) is 0 Å². The van der Waals surface area contributed by atoms with E-state index in [0.717, 1.165) is 0 Å². The molecule has 1 unspecified atom stereocenters. The predicted octanol–water partition coefficient (Wildman–Crippen LogP) is 2.68. The van der Waals surface area contributed by atoms with Crippen molar-refractivity contribution in [3.8, 4) is 5.75 Å². The van der Waals surface area contributed by atoms with E-state index < -0.39 is 18.2 Å². The normalized spacial score (nSPS) is 13.3. The van der Waals surface area contributed by atoms with E-state index in [1.807, 2.05) is 0 Å². The lowest BCUT2D eigenvalue weighted by Crippen LogP contribution is -2.31. The number of phenolic OH excluding ortho intramolecular Hbond substituents is 1. The van der Waals surface area contributed by atoms with E-state index in [4.69, 9.17) is 17.3 Å². The molecule has 0 spiro atoms. The van der Waals surface area contributed by atoms with Crippen molar-refractivity contribution in [3.63, 3.8) is 0 Å². The van der Waals surface area contributed by atoms with E-state index in [0.29, 0.717) is 10.6 Å². The van der Waals surface area contributed by atoms with Crippen LogP contribution in [0.25, 0.3) is 0 Å². The molecule has 1 aromatic rings. The van der Waals surface area contributed by atoms with Gasteiger partial charge in [-0.05, 0) is 31.5 Å². The average Bonchev–Trinajstić information content (AvgIpc) is 2.32. The molecule has 3 N–H and O–H groups in total. The zero-order valence-corrected chi connectivity index (χ0v) is 12.1. The molecule has 1 aromatic carbocycles. The van der Waals surface area contributed by atoms with Gasteiger partial charge in [-0.3, -0.25) is 0 Å². The van der Waals surface area contributed by atoms with Crippen molar-refractivity contribution < 1.29 is 19.0 Å². The summed E-state index contributed by atoms with van der Waals surface area (Å²) in [6.45, 7) is 3.23. The van der Waals surface area contributed by atoms with Crippen molar-refractivity contribution >= 4 is 30.0 Å². The summed E-state index contributed by atoms with van der Waals surface area (Å²) < 4.78 is 18.3. The highest BCUT2D eigenvalue weighted by molar-refractivity contribution is 6.30. The molecule has 0 saturated heterocycles. The third-order valence-electron chi connectivity index (χ3n) is 2.48. The van der Waals surface area contributed by atoms with Crippen molar-refractivity contribution in [1.82, 2.24) is 0 Å². The first kappa shape index (κ1) is 18.0. The summed E-state index contributed by atoms with van der Waals surface area (Å²) in [7, 11) is 0. The van der Waals surface area contributed by atoms with Crippen molar-refractivity contribution in [2.45, 2.75) is 26.1 Å². The first-order chi connectivity index (χ1) is 8.38. The molecule has 108 valence electrons. The molecular weight excluding hydrogens is 296 g/mol. The number of nitrogens with two attached hydrogens (primary N) is 1. The van der Waals surface area contributed by atoms with Crippen LogP contribution in [0.3, 0.4) is 0 Å². The Kier molecular flexibility index (Phi) is 7.11. The summed E-state index contributed by atoms with van der Waals surface area (Å²) in [4.78, 5) is 11.2. The van der Waals surface area contributed by atoms with E-state index in [1.54, 1.807) is 13.8 Å². The molecule has 4 nitrogen and oxygen atoms in total. The molecule has 0 aromatic heterocycles. The summed E-state index contributed by atoms with van der Waals surface area (Å²) in [5.41, 5.74) is 6.16. The van der Waals surface area contributed by atoms with Crippen molar-refractivity contribution in [3.05, 3.63) is 28.3 Å². The van der Waals surface area contributed by atoms with Crippen molar-refractivity contribution in [2.24, 2.45) is 5.73 Å². The maximum absolute atomic E-state index is 13.8. The molecule has 19 heavy (non-hydrogen) atoms. The third kappa shape index (κ3) is 4.23. The SMILES string of the molecule is CCOC(=O)C(F)[C@H](N)c1cc(Cl)cc(C)c1O.Cl. The smallest absolute Gasteiger partial charge is 0.342 e.